The summed E-state index contributed by atoms with van der Waals surface area (Å²) in [6.07, 6.45) is 0. The molecule has 1 aromatic rings. The lowest BCUT2D eigenvalue weighted by Crippen LogP contribution is -2.22. The highest BCUT2D eigenvalue weighted by molar-refractivity contribution is 6.42. The van der Waals surface area contributed by atoms with Crippen molar-refractivity contribution in [1.29, 1.82) is 0 Å². The Bertz CT molecular complexity index is 342. The first-order valence-electron chi connectivity index (χ1n) is 4.92. The topological polar surface area (TPSA) is 20.2 Å². The molecule has 15 heavy (non-hydrogen) atoms. The lowest BCUT2D eigenvalue weighted by Gasteiger charge is -2.30. The molecule has 1 aromatic carbocycles. The average Bonchev–Trinajstić information content (AvgIpc) is 2.11. The van der Waals surface area contributed by atoms with E-state index < -0.39 is 0 Å². The molecule has 0 aliphatic rings. The summed E-state index contributed by atoms with van der Waals surface area (Å²) in [7, 11) is 0. The fourth-order valence-electron chi connectivity index (χ4n) is 1.63. The molecule has 1 atom stereocenters. The van der Waals surface area contributed by atoms with Crippen molar-refractivity contribution in [1.82, 2.24) is 0 Å². The molecule has 0 spiro atoms. The van der Waals surface area contributed by atoms with Gasteiger partial charge in [-0.3, -0.25) is 0 Å². The molecule has 1 nitrogen and oxygen atoms in total. The Morgan fingerprint density at radius 3 is 2.33 bits per heavy atom. The quantitative estimate of drug-likeness (QED) is 0.833. The molecule has 0 aliphatic heterocycles. The molecule has 0 aliphatic carbocycles. The Kier molecular flexibility index (Phi) is 4.05. The maximum absolute atomic E-state index is 9.43. The molecule has 0 radical (unpaired) electrons. The number of rotatable bonds is 2. The van der Waals surface area contributed by atoms with E-state index in [1.54, 1.807) is 6.07 Å². The van der Waals surface area contributed by atoms with Crippen molar-refractivity contribution in [2.24, 2.45) is 5.41 Å². The second-order valence-electron chi connectivity index (χ2n) is 4.74. The number of halogens is 2. The third kappa shape index (κ3) is 2.87. The zero-order chi connectivity index (χ0) is 11.6. The van der Waals surface area contributed by atoms with Crippen LogP contribution in [0.4, 0.5) is 0 Å². The molecule has 84 valence electrons. The van der Waals surface area contributed by atoms with Crippen molar-refractivity contribution < 1.29 is 5.11 Å². The van der Waals surface area contributed by atoms with E-state index in [9.17, 15) is 5.11 Å². The van der Waals surface area contributed by atoms with Crippen LogP contribution in [0.25, 0.3) is 0 Å². The first kappa shape index (κ1) is 12.8. The Balaban J connectivity index is 3.19. The number of aliphatic hydroxyl groups is 1. The van der Waals surface area contributed by atoms with Crippen LogP contribution < -0.4 is 0 Å². The summed E-state index contributed by atoms with van der Waals surface area (Å²) >= 11 is 12.1. The van der Waals surface area contributed by atoms with E-state index in [1.165, 1.54) is 0 Å². The van der Waals surface area contributed by atoms with Crippen molar-refractivity contribution in [2.45, 2.75) is 26.7 Å². The minimum absolute atomic E-state index is 0.00343. The molecule has 0 bridgehead atoms. The van der Waals surface area contributed by atoms with Crippen LogP contribution in [0.3, 0.4) is 0 Å². The van der Waals surface area contributed by atoms with Crippen LogP contribution in [0.15, 0.2) is 18.2 Å². The van der Waals surface area contributed by atoms with Gasteiger partial charge in [0, 0.05) is 5.92 Å². The largest absolute Gasteiger partial charge is 0.396 e. The first-order valence-corrected chi connectivity index (χ1v) is 5.68. The third-order valence-corrected chi connectivity index (χ3v) is 3.42. The molecule has 0 fully saturated rings. The Morgan fingerprint density at radius 2 is 1.87 bits per heavy atom. The van der Waals surface area contributed by atoms with Gasteiger partial charge in [0.15, 0.2) is 0 Å². The average molecular weight is 247 g/mol. The highest BCUT2D eigenvalue weighted by atomic mass is 35.5. The molecular weight excluding hydrogens is 231 g/mol. The van der Waals surface area contributed by atoms with Gasteiger partial charge in [-0.05, 0) is 17.0 Å². The maximum atomic E-state index is 9.43. The van der Waals surface area contributed by atoms with Gasteiger partial charge < -0.3 is 5.11 Å². The first-order chi connectivity index (χ1) is 6.88. The van der Waals surface area contributed by atoms with Crippen molar-refractivity contribution in [3.8, 4) is 0 Å². The van der Waals surface area contributed by atoms with Crippen LogP contribution in [0, 0.1) is 5.41 Å². The van der Waals surface area contributed by atoms with Gasteiger partial charge in [0.25, 0.3) is 0 Å². The molecule has 1 N–H and O–H groups in total. The van der Waals surface area contributed by atoms with Crippen LogP contribution in [0.5, 0.6) is 0 Å². The van der Waals surface area contributed by atoms with Crippen molar-refractivity contribution in [2.75, 3.05) is 6.61 Å². The Morgan fingerprint density at radius 1 is 1.27 bits per heavy atom. The lowest BCUT2D eigenvalue weighted by atomic mass is 9.77. The van der Waals surface area contributed by atoms with E-state index in [2.05, 4.69) is 20.8 Å². The number of aliphatic hydroxyl groups excluding tert-OH is 1. The van der Waals surface area contributed by atoms with Gasteiger partial charge in [0.2, 0.25) is 0 Å². The van der Waals surface area contributed by atoms with Gasteiger partial charge >= 0.3 is 0 Å². The second kappa shape index (κ2) is 4.73. The molecule has 1 unspecified atom stereocenters. The standard InChI is InChI=1S/C12H16Cl2O/c1-12(2,3)9(7-15)8-5-4-6-10(13)11(8)14/h4-6,9,15H,7H2,1-3H3. The SMILES string of the molecule is CC(C)(C)C(CO)c1cccc(Cl)c1Cl. The fourth-order valence-corrected chi connectivity index (χ4v) is 2.07. The molecular formula is C12H16Cl2O. The van der Waals surface area contributed by atoms with Crippen molar-refractivity contribution in [3.63, 3.8) is 0 Å². The fraction of sp³-hybridized carbons (Fsp3) is 0.500. The van der Waals surface area contributed by atoms with Crippen LogP contribution >= 0.6 is 23.2 Å². The third-order valence-electron chi connectivity index (χ3n) is 2.58. The molecule has 0 saturated carbocycles. The minimum Gasteiger partial charge on any atom is -0.396 e. The van der Waals surface area contributed by atoms with E-state index >= 15 is 0 Å². The molecule has 0 aromatic heterocycles. The highest BCUT2D eigenvalue weighted by Gasteiger charge is 2.27. The molecule has 3 heteroatoms. The van der Waals surface area contributed by atoms with Gasteiger partial charge in [-0.2, -0.15) is 0 Å². The van der Waals surface area contributed by atoms with Crippen molar-refractivity contribution in [3.05, 3.63) is 33.8 Å². The van der Waals surface area contributed by atoms with E-state index in [0.29, 0.717) is 10.0 Å². The molecule has 0 saturated heterocycles. The summed E-state index contributed by atoms with van der Waals surface area (Å²) in [6.45, 7) is 6.30. The summed E-state index contributed by atoms with van der Waals surface area (Å²) < 4.78 is 0. The lowest BCUT2D eigenvalue weighted by molar-refractivity contribution is 0.187. The van der Waals surface area contributed by atoms with Gasteiger partial charge in [0.1, 0.15) is 0 Å². The predicted octanol–water partition coefficient (Wildman–Crippen LogP) is 4.12. The van der Waals surface area contributed by atoms with E-state index in [-0.39, 0.29) is 17.9 Å². The summed E-state index contributed by atoms with van der Waals surface area (Å²) in [5.41, 5.74) is 0.877. The van der Waals surface area contributed by atoms with Gasteiger partial charge in [-0.15, -0.1) is 0 Å². The highest BCUT2D eigenvalue weighted by Crippen LogP contribution is 2.40. The van der Waals surface area contributed by atoms with Gasteiger partial charge in [0.05, 0.1) is 16.7 Å². The monoisotopic (exact) mass is 246 g/mol. The van der Waals surface area contributed by atoms with Crippen LogP contribution in [0.1, 0.15) is 32.3 Å². The zero-order valence-electron chi connectivity index (χ0n) is 9.22. The summed E-state index contributed by atoms with van der Waals surface area (Å²) in [4.78, 5) is 0. The van der Waals surface area contributed by atoms with Crippen LogP contribution in [0.2, 0.25) is 10.0 Å². The van der Waals surface area contributed by atoms with Gasteiger partial charge in [-0.25, -0.2) is 0 Å². The molecule has 1 rings (SSSR count). The smallest absolute Gasteiger partial charge is 0.0628 e. The zero-order valence-corrected chi connectivity index (χ0v) is 10.7. The predicted molar refractivity (Wildman–Crippen MR) is 65.7 cm³/mol. The Labute approximate surface area is 101 Å². The summed E-state index contributed by atoms with van der Waals surface area (Å²) in [5, 5.41) is 10.5. The van der Waals surface area contributed by atoms with Crippen molar-refractivity contribution >= 4 is 23.2 Å². The maximum Gasteiger partial charge on any atom is 0.0628 e. The summed E-state index contributed by atoms with van der Waals surface area (Å²) in [6, 6.07) is 5.53. The summed E-state index contributed by atoms with van der Waals surface area (Å²) in [5.74, 6) is 0.00343. The number of hydrogen-bond donors (Lipinski definition) is 1. The van der Waals surface area contributed by atoms with Gasteiger partial charge in [-0.1, -0.05) is 56.1 Å². The molecule has 0 amide bonds. The number of benzene rings is 1. The number of hydrogen-bond acceptors (Lipinski definition) is 1. The molecule has 0 heterocycles. The van der Waals surface area contributed by atoms with E-state index in [4.69, 9.17) is 23.2 Å². The normalized spacial score (nSPS) is 14.0. The van der Waals surface area contributed by atoms with E-state index in [1.807, 2.05) is 12.1 Å². The second-order valence-corrected chi connectivity index (χ2v) is 5.53. The minimum atomic E-state index is -0.0386. The van der Waals surface area contributed by atoms with Crippen LogP contribution in [-0.2, 0) is 0 Å². The Hall–Kier alpha value is -0.240. The van der Waals surface area contributed by atoms with E-state index in [0.717, 1.165) is 5.56 Å². The van der Waals surface area contributed by atoms with Crippen LogP contribution in [-0.4, -0.2) is 11.7 Å².